The van der Waals surface area contributed by atoms with E-state index >= 15 is 0 Å². The van der Waals surface area contributed by atoms with E-state index in [2.05, 4.69) is 20.6 Å². The minimum Gasteiger partial charge on any atom is -0.475 e. The van der Waals surface area contributed by atoms with Gasteiger partial charge in [0.2, 0.25) is 5.91 Å². The number of alkyl halides is 3. The van der Waals surface area contributed by atoms with Crippen LogP contribution in [-0.2, 0) is 9.59 Å². The third-order valence-electron chi connectivity index (χ3n) is 3.28. The van der Waals surface area contributed by atoms with Gasteiger partial charge in [0.05, 0.1) is 11.7 Å². The zero-order valence-corrected chi connectivity index (χ0v) is 14.1. The normalized spacial score (nSPS) is 16.5. The topological polar surface area (TPSA) is 104 Å². The summed E-state index contributed by atoms with van der Waals surface area (Å²) in [6.45, 7) is 0.912. The fraction of sp³-hybridized carbons (Fsp3) is 0.333. The van der Waals surface area contributed by atoms with Gasteiger partial charge < -0.3 is 15.7 Å². The van der Waals surface area contributed by atoms with Crippen molar-refractivity contribution in [2.75, 3.05) is 11.9 Å². The number of nitrogens with zero attached hydrogens (tertiary/aromatic N) is 2. The third-order valence-corrected chi connectivity index (χ3v) is 4.04. The minimum atomic E-state index is -5.08. The number of pyridine rings is 1. The van der Waals surface area contributed by atoms with Gasteiger partial charge in [-0.2, -0.15) is 13.2 Å². The largest absolute Gasteiger partial charge is 0.490 e. The van der Waals surface area contributed by atoms with Crippen molar-refractivity contribution in [2.24, 2.45) is 0 Å². The van der Waals surface area contributed by atoms with E-state index in [0.29, 0.717) is 5.13 Å². The quantitative estimate of drug-likeness (QED) is 0.747. The summed E-state index contributed by atoms with van der Waals surface area (Å²) in [7, 11) is 0. The smallest absolute Gasteiger partial charge is 0.475 e. The van der Waals surface area contributed by atoms with Crippen molar-refractivity contribution in [1.29, 1.82) is 0 Å². The van der Waals surface area contributed by atoms with Gasteiger partial charge in [-0.3, -0.25) is 9.78 Å². The van der Waals surface area contributed by atoms with Crippen LogP contribution in [-0.4, -0.2) is 45.7 Å². The Labute approximate surface area is 150 Å². The number of aliphatic carboxylic acids is 1. The monoisotopic (exact) mass is 388 g/mol. The van der Waals surface area contributed by atoms with E-state index in [1.165, 1.54) is 11.3 Å². The number of carboxylic acids is 1. The van der Waals surface area contributed by atoms with Crippen molar-refractivity contribution in [2.45, 2.75) is 25.1 Å². The molecule has 0 spiro atoms. The first-order chi connectivity index (χ1) is 12.3. The van der Waals surface area contributed by atoms with Crippen molar-refractivity contribution in [1.82, 2.24) is 15.3 Å². The van der Waals surface area contributed by atoms with Crippen LogP contribution in [0.1, 0.15) is 12.8 Å². The van der Waals surface area contributed by atoms with Gasteiger partial charge >= 0.3 is 12.1 Å². The average molecular weight is 388 g/mol. The highest BCUT2D eigenvalue weighted by molar-refractivity contribution is 7.14. The van der Waals surface area contributed by atoms with E-state index in [1.807, 2.05) is 23.6 Å². The minimum absolute atomic E-state index is 0.000536. The molecule has 1 atom stereocenters. The summed E-state index contributed by atoms with van der Waals surface area (Å²) < 4.78 is 31.7. The Bertz CT molecular complexity index is 746. The predicted octanol–water partition coefficient (Wildman–Crippen LogP) is 2.53. The number of rotatable bonds is 3. The first-order valence-electron chi connectivity index (χ1n) is 7.48. The van der Waals surface area contributed by atoms with Gasteiger partial charge in [-0.15, -0.1) is 11.3 Å². The fourth-order valence-electron chi connectivity index (χ4n) is 2.06. The van der Waals surface area contributed by atoms with Crippen molar-refractivity contribution < 1.29 is 27.9 Å². The summed E-state index contributed by atoms with van der Waals surface area (Å²) >= 11 is 1.42. The number of aromatic nitrogens is 2. The number of hydrogen-bond donors (Lipinski definition) is 3. The first kappa shape index (κ1) is 19.8. The molecule has 3 rings (SSSR count). The van der Waals surface area contributed by atoms with Gasteiger partial charge in [-0.25, -0.2) is 9.78 Å². The molecule has 7 nitrogen and oxygen atoms in total. The molecule has 140 valence electrons. The van der Waals surface area contributed by atoms with Crippen molar-refractivity contribution in [3.63, 3.8) is 0 Å². The number of carbonyl (C=O) groups is 2. The van der Waals surface area contributed by atoms with E-state index < -0.39 is 12.1 Å². The number of nitrogens with one attached hydrogen (secondary N) is 2. The zero-order chi connectivity index (χ0) is 19.2. The van der Waals surface area contributed by atoms with Crippen LogP contribution in [0.25, 0.3) is 11.4 Å². The SMILES string of the molecule is O=C(Nc1nc(-c2ccccn2)cs1)C1CCCN1.O=C(O)C(F)(F)F. The Kier molecular flexibility index (Phi) is 6.64. The van der Waals surface area contributed by atoms with Crippen LogP contribution in [0.3, 0.4) is 0 Å². The molecular weight excluding hydrogens is 373 g/mol. The zero-order valence-electron chi connectivity index (χ0n) is 13.3. The van der Waals surface area contributed by atoms with Crippen LogP contribution in [0.2, 0.25) is 0 Å². The molecule has 1 unspecified atom stereocenters. The maximum Gasteiger partial charge on any atom is 0.490 e. The lowest BCUT2D eigenvalue weighted by atomic mass is 10.2. The average Bonchev–Trinajstić information content (AvgIpc) is 3.27. The maximum absolute atomic E-state index is 11.9. The molecule has 3 N–H and O–H groups in total. The Balaban J connectivity index is 0.000000298. The number of carboxylic acid groups (broad SMARTS) is 1. The summed E-state index contributed by atoms with van der Waals surface area (Å²) in [5.41, 5.74) is 1.61. The Morgan fingerprint density at radius 3 is 2.58 bits per heavy atom. The summed E-state index contributed by atoms with van der Waals surface area (Å²) in [6.07, 6.45) is -1.41. The second-order valence-corrected chi connectivity index (χ2v) is 6.05. The molecule has 1 amide bonds. The van der Waals surface area contributed by atoms with E-state index in [0.717, 1.165) is 30.8 Å². The standard InChI is InChI=1S/C13H14N4OS.C2HF3O2/c18-12(10-5-3-7-15-10)17-13-16-11(8-19-13)9-4-1-2-6-14-9;3-2(4,5)1(6)7/h1-2,4,6,8,10,15H,3,5,7H2,(H,16,17,18);(H,6,7). The molecule has 0 bridgehead atoms. The second kappa shape index (κ2) is 8.72. The number of hydrogen-bond acceptors (Lipinski definition) is 6. The Morgan fingerprint density at radius 1 is 1.31 bits per heavy atom. The van der Waals surface area contributed by atoms with Gasteiger partial charge in [0.25, 0.3) is 0 Å². The summed E-state index contributed by atoms with van der Waals surface area (Å²) in [4.78, 5) is 29.5. The summed E-state index contributed by atoms with van der Waals surface area (Å²) in [5.74, 6) is -2.76. The molecule has 1 aliphatic rings. The molecule has 2 aromatic heterocycles. The molecular formula is C15H15F3N4O3S. The lowest BCUT2D eigenvalue weighted by Crippen LogP contribution is -2.35. The summed E-state index contributed by atoms with van der Waals surface area (Å²) in [6, 6.07) is 5.61. The molecule has 11 heteroatoms. The molecule has 0 radical (unpaired) electrons. The van der Waals surface area contributed by atoms with E-state index in [1.54, 1.807) is 6.20 Å². The molecule has 26 heavy (non-hydrogen) atoms. The first-order valence-corrected chi connectivity index (χ1v) is 8.36. The number of halogens is 3. The van der Waals surface area contributed by atoms with Crippen LogP contribution in [0.15, 0.2) is 29.8 Å². The van der Waals surface area contributed by atoms with Crippen molar-refractivity contribution in [3.8, 4) is 11.4 Å². The van der Waals surface area contributed by atoms with Gasteiger partial charge in [0, 0.05) is 11.6 Å². The van der Waals surface area contributed by atoms with Gasteiger partial charge in [0.1, 0.15) is 5.69 Å². The summed E-state index contributed by atoms with van der Waals surface area (Å²) in [5, 5.41) is 15.7. The molecule has 3 heterocycles. The van der Waals surface area contributed by atoms with Crippen LogP contribution in [0, 0.1) is 0 Å². The van der Waals surface area contributed by atoms with Crippen molar-refractivity contribution >= 4 is 28.3 Å². The number of anilines is 1. The fourth-order valence-corrected chi connectivity index (χ4v) is 2.77. The third kappa shape index (κ3) is 5.77. The molecule has 1 saturated heterocycles. The Morgan fingerprint density at radius 2 is 2.04 bits per heavy atom. The predicted molar refractivity (Wildman–Crippen MR) is 88.7 cm³/mol. The van der Waals surface area contributed by atoms with Gasteiger partial charge in [-0.05, 0) is 31.5 Å². The molecule has 0 aliphatic carbocycles. The highest BCUT2D eigenvalue weighted by atomic mass is 32.1. The molecule has 1 aliphatic heterocycles. The number of carbonyl (C=O) groups excluding carboxylic acids is 1. The highest BCUT2D eigenvalue weighted by Crippen LogP contribution is 2.23. The maximum atomic E-state index is 11.9. The Hall–Kier alpha value is -2.53. The van der Waals surface area contributed by atoms with E-state index in [4.69, 9.17) is 9.90 Å². The van der Waals surface area contributed by atoms with Crippen LogP contribution in [0.5, 0.6) is 0 Å². The van der Waals surface area contributed by atoms with Crippen LogP contribution >= 0.6 is 11.3 Å². The second-order valence-electron chi connectivity index (χ2n) is 5.19. The van der Waals surface area contributed by atoms with E-state index in [-0.39, 0.29) is 11.9 Å². The molecule has 0 aromatic carbocycles. The lowest BCUT2D eigenvalue weighted by Gasteiger charge is -2.08. The van der Waals surface area contributed by atoms with E-state index in [9.17, 15) is 18.0 Å². The van der Waals surface area contributed by atoms with Gasteiger partial charge in [-0.1, -0.05) is 6.07 Å². The molecule has 2 aromatic rings. The molecule has 1 fully saturated rings. The van der Waals surface area contributed by atoms with Crippen LogP contribution < -0.4 is 10.6 Å². The number of amides is 1. The lowest BCUT2D eigenvalue weighted by molar-refractivity contribution is -0.192. The number of thiazole rings is 1. The van der Waals surface area contributed by atoms with Crippen LogP contribution in [0.4, 0.5) is 18.3 Å². The molecule has 0 saturated carbocycles. The van der Waals surface area contributed by atoms with Gasteiger partial charge in [0.15, 0.2) is 5.13 Å². The van der Waals surface area contributed by atoms with Crippen molar-refractivity contribution in [3.05, 3.63) is 29.8 Å². The highest BCUT2D eigenvalue weighted by Gasteiger charge is 2.38.